The highest BCUT2D eigenvalue weighted by molar-refractivity contribution is 7.21. The van der Waals surface area contributed by atoms with Gasteiger partial charge in [-0.2, -0.15) is 0 Å². The number of hydrogen-bond donors (Lipinski definition) is 1. The lowest BCUT2D eigenvalue weighted by atomic mass is 10.1. The second kappa shape index (κ2) is 5.13. The summed E-state index contributed by atoms with van der Waals surface area (Å²) in [6.45, 7) is 0. The van der Waals surface area contributed by atoms with E-state index in [0.717, 1.165) is 44.1 Å². The third-order valence-corrected chi connectivity index (χ3v) is 4.74. The Morgan fingerprint density at radius 3 is 2.65 bits per heavy atom. The molecule has 0 aliphatic heterocycles. The molecule has 0 aliphatic rings. The first kappa shape index (κ1) is 13.8. The summed E-state index contributed by atoms with van der Waals surface area (Å²) < 4.78 is 1.96. The first-order valence-corrected chi connectivity index (χ1v) is 7.88. The molecule has 3 heterocycles. The first-order chi connectivity index (χ1) is 11.2. The number of rotatable bonds is 3. The van der Waals surface area contributed by atoms with E-state index in [0.29, 0.717) is 5.56 Å². The van der Waals surface area contributed by atoms with Crippen LogP contribution in [-0.4, -0.2) is 32.9 Å². The van der Waals surface area contributed by atoms with Crippen molar-refractivity contribution in [3.63, 3.8) is 0 Å². The minimum Gasteiger partial charge on any atom is -0.371 e. The van der Waals surface area contributed by atoms with E-state index in [1.165, 1.54) is 11.3 Å². The van der Waals surface area contributed by atoms with Gasteiger partial charge in [0.15, 0.2) is 5.82 Å². The number of fused-ring (bicyclic) bond motifs is 3. The molecule has 0 saturated heterocycles. The van der Waals surface area contributed by atoms with Gasteiger partial charge in [0, 0.05) is 25.2 Å². The summed E-state index contributed by atoms with van der Waals surface area (Å²) >= 11 is 1.53. The van der Waals surface area contributed by atoms with Crippen molar-refractivity contribution in [2.24, 2.45) is 7.05 Å². The second-order valence-electron chi connectivity index (χ2n) is 5.18. The van der Waals surface area contributed by atoms with Crippen LogP contribution in [0.4, 0.5) is 5.82 Å². The predicted octanol–water partition coefficient (Wildman–Crippen LogP) is 3.10. The molecule has 0 unspecified atom stereocenters. The Balaban J connectivity index is 1.97. The fourth-order valence-electron chi connectivity index (χ4n) is 2.58. The van der Waals surface area contributed by atoms with Gasteiger partial charge < -0.3 is 9.88 Å². The summed E-state index contributed by atoms with van der Waals surface area (Å²) in [4.78, 5) is 25.4. The number of aryl methyl sites for hydroxylation is 1. The van der Waals surface area contributed by atoms with Gasteiger partial charge in [-0.25, -0.2) is 15.0 Å². The number of hydrogen-bond acceptors (Lipinski definition) is 6. The number of thiazole rings is 1. The summed E-state index contributed by atoms with van der Waals surface area (Å²) in [5, 5.41) is 3.97. The fourth-order valence-corrected chi connectivity index (χ4v) is 3.53. The quantitative estimate of drug-likeness (QED) is 0.587. The molecule has 0 saturated carbocycles. The summed E-state index contributed by atoms with van der Waals surface area (Å²) in [5.41, 5.74) is 4.25. The van der Waals surface area contributed by atoms with Crippen molar-refractivity contribution in [2.75, 3.05) is 12.4 Å². The Labute approximate surface area is 135 Å². The number of pyridine rings is 1. The number of nitrogens with zero attached hydrogens (tertiary/aromatic N) is 4. The molecule has 0 amide bonds. The maximum atomic E-state index is 10.8. The SMILES string of the molecule is CNc1nc2sc(-c3ccc(C=O)cc3)nc2c2c1ncn2C. The Bertz CT molecular complexity index is 1030. The van der Waals surface area contributed by atoms with Gasteiger partial charge in [0.05, 0.1) is 6.33 Å². The zero-order valence-corrected chi connectivity index (χ0v) is 13.4. The van der Waals surface area contributed by atoms with E-state index in [-0.39, 0.29) is 0 Å². The fraction of sp³-hybridized carbons (Fsp3) is 0.125. The monoisotopic (exact) mass is 323 g/mol. The number of nitrogens with one attached hydrogen (secondary N) is 1. The van der Waals surface area contributed by atoms with E-state index in [1.807, 2.05) is 30.8 Å². The van der Waals surface area contributed by atoms with Crippen LogP contribution in [-0.2, 0) is 7.05 Å². The average Bonchev–Trinajstić information content (AvgIpc) is 3.17. The van der Waals surface area contributed by atoms with Crippen molar-refractivity contribution in [1.29, 1.82) is 0 Å². The van der Waals surface area contributed by atoms with E-state index in [2.05, 4.69) is 15.3 Å². The highest BCUT2D eigenvalue weighted by Crippen LogP contribution is 2.34. The summed E-state index contributed by atoms with van der Waals surface area (Å²) in [6, 6.07) is 7.39. The molecule has 1 aromatic carbocycles. The molecule has 3 aromatic heterocycles. The van der Waals surface area contributed by atoms with Gasteiger partial charge >= 0.3 is 0 Å². The molecule has 0 radical (unpaired) electrons. The topological polar surface area (TPSA) is 72.7 Å². The molecule has 4 rings (SSSR count). The minimum atomic E-state index is 0.652. The van der Waals surface area contributed by atoms with Gasteiger partial charge in [-0.05, 0) is 0 Å². The molecule has 0 aliphatic carbocycles. The van der Waals surface area contributed by atoms with Gasteiger partial charge in [-0.3, -0.25) is 4.79 Å². The zero-order valence-electron chi connectivity index (χ0n) is 12.6. The molecule has 0 bridgehead atoms. The lowest BCUT2D eigenvalue weighted by molar-refractivity contribution is 0.112. The van der Waals surface area contributed by atoms with Crippen molar-refractivity contribution in [2.45, 2.75) is 0 Å². The van der Waals surface area contributed by atoms with Crippen LogP contribution in [0, 0.1) is 0 Å². The molecule has 23 heavy (non-hydrogen) atoms. The van der Waals surface area contributed by atoms with Gasteiger partial charge in [0.25, 0.3) is 0 Å². The molecule has 6 nitrogen and oxygen atoms in total. The van der Waals surface area contributed by atoms with Crippen molar-refractivity contribution in [3.8, 4) is 10.6 Å². The predicted molar refractivity (Wildman–Crippen MR) is 92.1 cm³/mol. The average molecular weight is 323 g/mol. The van der Waals surface area contributed by atoms with Crippen molar-refractivity contribution in [3.05, 3.63) is 36.2 Å². The Hall–Kier alpha value is -2.80. The van der Waals surface area contributed by atoms with Crippen LogP contribution in [0.1, 0.15) is 10.4 Å². The Morgan fingerprint density at radius 1 is 1.17 bits per heavy atom. The molecule has 7 heteroatoms. The largest absolute Gasteiger partial charge is 0.371 e. The summed E-state index contributed by atoms with van der Waals surface area (Å²) in [7, 11) is 3.79. The molecule has 0 atom stereocenters. The molecule has 1 N–H and O–H groups in total. The van der Waals surface area contributed by atoms with Crippen LogP contribution in [0.2, 0.25) is 0 Å². The van der Waals surface area contributed by atoms with E-state index in [1.54, 1.807) is 18.5 Å². The number of aldehydes is 1. The van der Waals surface area contributed by atoms with E-state index < -0.39 is 0 Å². The number of carbonyl (C=O) groups is 1. The third-order valence-electron chi connectivity index (χ3n) is 3.74. The smallest absolute Gasteiger partial charge is 0.155 e. The lowest BCUT2D eigenvalue weighted by Crippen LogP contribution is -1.95. The standard InChI is InChI=1S/C16H13N5OS/c1-17-14-11-13(21(2)8-18-11)12-16(20-14)23-15(19-12)10-5-3-9(7-22)4-6-10/h3-8H,1-2H3,(H,17,20). The number of aromatic nitrogens is 4. The summed E-state index contributed by atoms with van der Waals surface area (Å²) in [6.07, 6.45) is 2.60. The van der Waals surface area contributed by atoms with E-state index in [4.69, 9.17) is 4.98 Å². The maximum absolute atomic E-state index is 10.8. The number of imidazole rings is 1. The van der Waals surface area contributed by atoms with Crippen molar-refractivity contribution < 1.29 is 4.79 Å². The molecular weight excluding hydrogens is 310 g/mol. The highest BCUT2D eigenvalue weighted by Gasteiger charge is 2.16. The normalized spacial score (nSPS) is 11.2. The Kier molecular flexibility index (Phi) is 3.09. The summed E-state index contributed by atoms with van der Waals surface area (Å²) in [5.74, 6) is 0.750. The van der Waals surface area contributed by atoms with Crippen LogP contribution >= 0.6 is 11.3 Å². The van der Waals surface area contributed by atoms with Gasteiger partial charge in [-0.1, -0.05) is 35.6 Å². The molecule has 0 fully saturated rings. The van der Waals surface area contributed by atoms with E-state index in [9.17, 15) is 4.79 Å². The second-order valence-corrected chi connectivity index (χ2v) is 6.15. The van der Waals surface area contributed by atoms with Gasteiger partial charge in [-0.15, -0.1) is 0 Å². The number of benzene rings is 1. The molecule has 114 valence electrons. The van der Waals surface area contributed by atoms with Crippen LogP contribution in [0.3, 0.4) is 0 Å². The van der Waals surface area contributed by atoms with Gasteiger partial charge in [0.2, 0.25) is 0 Å². The van der Waals surface area contributed by atoms with Crippen LogP contribution in [0.25, 0.3) is 32.0 Å². The zero-order chi connectivity index (χ0) is 16.0. The molecule has 0 spiro atoms. The van der Waals surface area contributed by atoms with Crippen LogP contribution in [0.15, 0.2) is 30.6 Å². The lowest BCUT2D eigenvalue weighted by Gasteiger charge is -2.01. The molecule has 4 aromatic rings. The van der Waals surface area contributed by atoms with E-state index >= 15 is 0 Å². The van der Waals surface area contributed by atoms with Crippen LogP contribution in [0.5, 0.6) is 0 Å². The number of carbonyl (C=O) groups excluding carboxylic acids is 1. The van der Waals surface area contributed by atoms with Crippen molar-refractivity contribution >= 4 is 44.8 Å². The van der Waals surface area contributed by atoms with Crippen molar-refractivity contribution in [1.82, 2.24) is 19.5 Å². The molecular formula is C16H13N5OS. The minimum absolute atomic E-state index is 0.652. The third kappa shape index (κ3) is 2.08. The maximum Gasteiger partial charge on any atom is 0.155 e. The Morgan fingerprint density at radius 2 is 1.96 bits per heavy atom. The van der Waals surface area contributed by atoms with Crippen LogP contribution < -0.4 is 5.32 Å². The first-order valence-electron chi connectivity index (χ1n) is 7.06. The van der Waals surface area contributed by atoms with Gasteiger partial charge in [0.1, 0.15) is 32.7 Å². The number of anilines is 1. The highest BCUT2D eigenvalue weighted by atomic mass is 32.1.